The number of ether oxygens (including phenoxy) is 1. The van der Waals surface area contributed by atoms with Gasteiger partial charge in [-0.1, -0.05) is 42.5 Å². The zero-order valence-corrected chi connectivity index (χ0v) is 17.5. The Labute approximate surface area is 178 Å². The van der Waals surface area contributed by atoms with E-state index in [-0.39, 0.29) is 23.6 Å². The lowest BCUT2D eigenvalue weighted by Crippen LogP contribution is -2.53. The van der Waals surface area contributed by atoms with E-state index >= 15 is 0 Å². The van der Waals surface area contributed by atoms with Crippen LogP contribution in [0.25, 0.3) is 11.1 Å². The third kappa shape index (κ3) is 3.39. The van der Waals surface area contributed by atoms with Crippen molar-refractivity contribution >= 4 is 27.1 Å². The van der Waals surface area contributed by atoms with E-state index in [4.69, 9.17) is 4.74 Å². The van der Waals surface area contributed by atoms with E-state index < -0.39 is 20.5 Å². The van der Waals surface area contributed by atoms with Crippen molar-refractivity contribution in [2.45, 2.75) is 16.1 Å². The van der Waals surface area contributed by atoms with Crippen LogP contribution in [-0.4, -0.2) is 37.4 Å². The molecular weight excluding hydrogens is 424 g/mol. The average molecular weight is 445 g/mol. The summed E-state index contributed by atoms with van der Waals surface area (Å²) in [5, 5.41) is 14.5. The molecule has 1 unspecified atom stereocenters. The Morgan fingerprint density at radius 1 is 1.10 bits per heavy atom. The predicted octanol–water partition coefficient (Wildman–Crippen LogP) is 3.22. The molecule has 4 rings (SSSR count). The van der Waals surface area contributed by atoms with E-state index in [0.29, 0.717) is 17.2 Å². The van der Waals surface area contributed by atoms with E-state index in [1.54, 1.807) is 24.3 Å². The van der Waals surface area contributed by atoms with Gasteiger partial charge in [0.25, 0.3) is 5.91 Å². The van der Waals surface area contributed by atoms with E-state index in [0.717, 1.165) is 5.56 Å². The standard InChI is InChI=1S/C21H20N2O5S2/c24-20(23-25)21(11-12-22-14-21)30(26,27)17-9-4-8-16(15-6-2-1-3-7-15)19(17)28-18-10-5-13-29-18/h1-10,13,22,25H,11-12,14H2,(H,23,24). The molecule has 30 heavy (non-hydrogen) atoms. The molecule has 1 amide bonds. The lowest BCUT2D eigenvalue weighted by atomic mass is 10.0. The van der Waals surface area contributed by atoms with Gasteiger partial charge in [0, 0.05) is 12.1 Å². The fourth-order valence-corrected chi connectivity index (χ4v) is 6.23. The van der Waals surface area contributed by atoms with Crippen LogP contribution in [0.15, 0.2) is 70.9 Å². The fourth-order valence-electron chi connectivity index (χ4n) is 3.63. The van der Waals surface area contributed by atoms with Crippen LogP contribution in [0.2, 0.25) is 0 Å². The minimum atomic E-state index is -4.23. The average Bonchev–Trinajstić information content (AvgIpc) is 3.47. The second-order valence-electron chi connectivity index (χ2n) is 6.90. The molecule has 1 aliphatic heterocycles. The molecule has 1 aliphatic rings. The van der Waals surface area contributed by atoms with Gasteiger partial charge in [-0.05, 0) is 42.1 Å². The number of amides is 1. The van der Waals surface area contributed by atoms with Crippen molar-refractivity contribution < 1.29 is 23.2 Å². The van der Waals surface area contributed by atoms with Gasteiger partial charge >= 0.3 is 0 Å². The quantitative estimate of drug-likeness (QED) is 0.398. The van der Waals surface area contributed by atoms with Crippen molar-refractivity contribution in [1.29, 1.82) is 0 Å². The van der Waals surface area contributed by atoms with Crippen LogP contribution in [0.1, 0.15) is 6.42 Å². The summed E-state index contributed by atoms with van der Waals surface area (Å²) < 4.78 is 31.8. The van der Waals surface area contributed by atoms with Gasteiger partial charge in [-0.3, -0.25) is 10.0 Å². The van der Waals surface area contributed by atoms with Crippen molar-refractivity contribution in [2.24, 2.45) is 0 Å². The molecule has 0 aliphatic carbocycles. The van der Waals surface area contributed by atoms with Gasteiger partial charge in [0.1, 0.15) is 4.90 Å². The summed E-state index contributed by atoms with van der Waals surface area (Å²) >= 11 is 1.33. The second kappa shape index (κ2) is 8.19. The monoisotopic (exact) mass is 444 g/mol. The van der Waals surface area contributed by atoms with Crippen molar-refractivity contribution in [1.82, 2.24) is 10.8 Å². The first-order valence-corrected chi connectivity index (χ1v) is 11.7. The van der Waals surface area contributed by atoms with Gasteiger partial charge in [-0.2, -0.15) is 0 Å². The second-order valence-corrected chi connectivity index (χ2v) is 10.0. The van der Waals surface area contributed by atoms with Crippen LogP contribution in [0.3, 0.4) is 0 Å². The SMILES string of the molecule is O=C(NO)C1(S(=O)(=O)c2cccc(-c3ccccc3)c2Oc2cccs2)CCNC1. The van der Waals surface area contributed by atoms with Crippen LogP contribution >= 0.6 is 11.3 Å². The minimum absolute atomic E-state index is 0.0374. The zero-order chi connectivity index (χ0) is 21.2. The summed E-state index contributed by atoms with van der Waals surface area (Å²) in [6.07, 6.45) is 0.0374. The Morgan fingerprint density at radius 3 is 2.53 bits per heavy atom. The van der Waals surface area contributed by atoms with E-state index in [1.807, 2.05) is 35.7 Å². The number of para-hydroxylation sites is 1. The molecule has 2 heterocycles. The molecule has 2 aromatic carbocycles. The molecule has 1 saturated heterocycles. The summed E-state index contributed by atoms with van der Waals surface area (Å²) in [6, 6.07) is 17.7. The van der Waals surface area contributed by atoms with Crippen molar-refractivity contribution in [3.05, 3.63) is 66.0 Å². The lowest BCUT2D eigenvalue weighted by Gasteiger charge is -2.27. The van der Waals surface area contributed by atoms with Gasteiger partial charge in [-0.15, -0.1) is 11.3 Å². The molecule has 0 saturated carbocycles. The Balaban J connectivity index is 1.94. The molecule has 7 nitrogen and oxygen atoms in total. The molecule has 0 radical (unpaired) electrons. The third-order valence-corrected chi connectivity index (χ3v) is 8.40. The van der Waals surface area contributed by atoms with Gasteiger partial charge < -0.3 is 10.1 Å². The number of hydrogen-bond acceptors (Lipinski definition) is 7. The Hall–Kier alpha value is -2.72. The maximum atomic E-state index is 13.8. The minimum Gasteiger partial charge on any atom is -0.445 e. The molecular formula is C21H20N2O5S2. The van der Waals surface area contributed by atoms with Gasteiger partial charge in [-0.25, -0.2) is 13.9 Å². The van der Waals surface area contributed by atoms with Gasteiger partial charge in [0.2, 0.25) is 0 Å². The number of benzene rings is 2. The largest absolute Gasteiger partial charge is 0.445 e. The number of carbonyl (C=O) groups excluding carboxylic acids is 1. The molecule has 1 atom stereocenters. The van der Waals surface area contributed by atoms with E-state index in [1.165, 1.54) is 22.9 Å². The number of thiophene rings is 1. The number of sulfone groups is 1. The molecule has 1 fully saturated rings. The molecule has 3 N–H and O–H groups in total. The number of nitrogens with one attached hydrogen (secondary N) is 2. The highest BCUT2D eigenvalue weighted by Gasteiger charge is 2.54. The van der Waals surface area contributed by atoms with Crippen molar-refractivity contribution in [2.75, 3.05) is 13.1 Å². The zero-order valence-electron chi connectivity index (χ0n) is 15.9. The first kappa shape index (κ1) is 20.5. The summed E-state index contributed by atoms with van der Waals surface area (Å²) in [7, 11) is -4.23. The predicted molar refractivity (Wildman–Crippen MR) is 114 cm³/mol. The van der Waals surface area contributed by atoms with Crippen LogP contribution in [0.5, 0.6) is 10.8 Å². The van der Waals surface area contributed by atoms with Gasteiger partial charge in [0.15, 0.2) is 25.4 Å². The van der Waals surface area contributed by atoms with Crippen LogP contribution < -0.4 is 15.5 Å². The van der Waals surface area contributed by atoms with Crippen LogP contribution in [0.4, 0.5) is 0 Å². The highest BCUT2D eigenvalue weighted by atomic mass is 32.2. The number of hydroxylamine groups is 1. The number of hydrogen-bond donors (Lipinski definition) is 3. The first-order valence-electron chi connectivity index (χ1n) is 9.29. The molecule has 3 aromatic rings. The summed E-state index contributed by atoms with van der Waals surface area (Å²) in [5.74, 6) is -0.803. The molecule has 156 valence electrons. The highest BCUT2D eigenvalue weighted by molar-refractivity contribution is 7.93. The molecule has 0 spiro atoms. The lowest BCUT2D eigenvalue weighted by molar-refractivity contribution is -0.131. The summed E-state index contributed by atoms with van der Waals surface area (Å²) in [4.78, 5) is 12.4. The maximum Gasteiger partial charge on any atom is 0.266 e. The Bertz CT molecular complexity index is 1140. The fraction of sp³-hybridized carbons (Fsp3) is 0.190. The molecule has 0 bridgehead atoms. The van der Waals surface area contributed by atoms with E-state index in [9.17, 15) is 18.4 Å². The third-order valence-electron chi connectivity index (χ3n) is 5.20. The topological polar surface area (TPSA) is 105 Å². The van der Waals surface area contributed by atoms with Crippen LogP contribution in [-0.2, 0) is 14.6 Å². The van der Waals surface area contributed by atoms with Crippen molar-refractivity contribution in [3.63, 3.8) is 0 Å². The Kier molecular flexibility index (Phi) is 5.61. The number of rotatable bonds is 6. The number of carbonyl (C=O) groups is 1. The van der Waals surface area contributed by atoms with E-state index in [2.05, 4.69) is 5.32 Å². The van der Waals surface area contributed by atoms with Crippen LogP contribution in [0, 0.1) is 0 Å². The smallest absolute Gasteiger partial charge is 0.266 e. The summed E-state index contributed by atoms with van der Waals surface area (Å²) in [6.45, 7) is 0.238. The maximum absolute atomic E-state index is 13.8. The Morgan fingerprint density at radius 2 is 1.90 bits per heavy atom. The summed E-state index contributed by atoms with van der Waals surface area (Å²) in [5.41, 5.74) is 2.91. The molecule has 9 heteroatoms. The highest BCUT2D eigenvalue weighted by Crippen LogP contribution is 2.43. The first-order chi connectivity index (χ1) is 14.5. The van der Waals surface area contributed by atoms with Crippen molar-refractivity contribution in [3.8, 4) is 21.9 Å². The van der Waals surface area contributed by atoms with Gasteiger partial charge in [0.05, 0.1) is 0 Å². The molecule has 1 aromatic heterocycles. The normalized spacial score (nSPS) is 18.8.